The van der Waals surface area contributed by atoms with Crippen LogP contribution < -0.4 is 10.1 Å². The smallest absolute Gasteiger partial charge is 0.145 e. The molecular weight excluding hydrogens is 345 g/mol. The van der Waals surface area contributed by atoms with Crippen LogP contribution in [0.4, 0.5) is 4.39 Å². The second-order valence-electron chi connectivity index (χ2n) is 4.37. The lowest BCUT2D eigenvalue weighted by Crippen LogP contribution is -2.13. The molecule has 0 amide bonds. The lowest BCUT2D eigenvalue weighted by Gasteiger charge is -2.17. The Morgan fingerprint density at radius 2 is 2.00 bits per heavy atom. The summed E-state index contributed by atoms with van der Waals surface area (Å²) in [5.74, 6) is 0.583. The molecule has 0 aliphatic rings. The number of ether oxygens (including phenoxy) is 1. The Morgan fingerprint density at radius 1 is 1.25 bits per heavy atom. The topological polar surface area (TPSA) is 21.3 Å². The second-order valence-corrected chi connectivity index (χ2v) is 5.69. The predicted octanol–water partition coefficient (Wildman–Crippen LogP) is 5.31. The minimum absolute atomic E-state index is 0.0791. The van der Waals surface area contributed by atoms with Gasteiger partial charge in [0, 0.05) is 22.1 Å². The van der Waals surface area contributed by atoms with Gasteiger partial charge in [-0.2, -0.15) is 0 Å². The van der Waals surface area contributed by atoms with Gasteiger partial charge in [-0.05, 0) is 38.2 Å². The third-order valence-electron chi connectivity index (χ3n) is 2.99. The van der Waals surface area contributed by atoms with Crippen LogP contribution in [0.1, 0.15) is 18.5 Å². The Kier molecular flexibility index (Phi) is 5.02. The van der Waals surface area contributed by atoms with Crippen molar-refractivity contribution < 1.29 is 9.13 Å². The van der Waals surface area contributed by atoms with Crippen LogP contribution >= 0.6 is 27.5 Å². The quantitative estimate of drug-likeness (QED) is 0.799. The summed E-state index contributed by atoms with van der Waals surface area (Å²) >= 11 is 9.08. The average Bonchev–Trinajstić information content (AvgIpc) is 2.42. The third kappa shape index (κ3) is 3.51. The largest absolute Gasteiger partial charge is 0.457 e. The van der Waals surface area contributed by atoms with Gasteiger partial charge in [-0.1, -0.05) is 33.6 Å². The summed E-state index contributed by atoms with van der Waals surface area (Å²) in [5, 5.41) is 3.24. The van der Waals surface area contributed by atoms with Gasteiger partial charge in [-0.25, -0.2) is 4.39 Å². The Labute approximate surface area is 131 Å². The van der Waals surface area contributed by atoms with E-state index in [4.69, 9.17) is 16.3 Å². The van der Waals surface area contributed by atoms with Crippen LogP contribution in [0.5, 0.6) is 11.5 Å². The Bertz CT molecular complexity index is 621. The first-order valence-corrected chi connectivity index (χ1v) is 7.28. The zero-order valence-corrected chi connectivity index (χ0v) is 13.4. The molecule has 5 heteroatoms. The van der Waals surface area contributed by atoms with E-state index in [9.17, 15) is 4.39 Å². The minimum atomic E-state index is -0.498. The van der Waals surface area contributed by atoms with Crippen molar-refractivity contribution in [1.82, 2.24) is 5.32 Å². The summed E-state index contributed by atoms with van der Waals surface area (Å²) in [7, 11) is 1.87. The van der Waals surface area contributed by atoms with E-state index in [2.05, 4.69) is 21.2 Å². The summed E-state index contributed by atoms with van der Waals surface area (Å²) in [5.41, 5.74) is 0.992. The first kappa shape index (κ1) is 15.3. The molecule has 1 unspecified atom stereocenters. The van der Waals surface area contributed by atoms with E-state index in [1.165, 1.54) is 12.1 Å². The maximum absolute atomic E-state index is 13.5. The molecule has 0 aliphatic heterocycles. The summed E-state index contributed by atoms with van der Waals surface area (Å²) in [6, 6.07) is 10.3. The monoisotopic (exact) mass is 357 g/mol. The van der Waals surface area contributed by atoms with Gasteiger partial charge in [0.2, 0.25) is 0 Å². The maximum atomic E-state index is 13.5. The SMILES string of the molecule is CNC(C)c1ccc(Br)cc1Oc1ccc(Cl)c(F)c1. The van der Waals surface area contributed by atoms with E-state index in [1.807, 2.05) is 32.2 Å². The van der Waals surface area contributed by atoms with Gasteiger partial charge in [0.25, 0.3) is 0 Å². The molecule has 106 valence electrons. The molecule has 0 saturated carbocycles. The Hall–Kier alpha value is -1.10. The first-order chi connectivity index (χ1) is 9.51. The fourth-order valence-corrected chi connectivity index (χ4v) is 2.23. The van der Waals surface area contributed by atoms with Gasteiger partial charge in [0.15, 0.2) is 0 Å². The molecule has 2 rings (SSSR count). The third-order valence-corrected chi connectivity index (χ3v) is 3.79. The van der Waals surface area contributed by atoms with Crippen LogP contribution in [-0.2, 0) is 0 Å². The van der Waals surface area contributed by atoms with Crippen molar-refractivity contribution in [3.8, 4) is 11.5 Å². The van der Waals surface area contributed by atoms with Gasteiger partial charge < -0.3 is 10.1 Å². The van der Waals surface area contributed by atoms with Crippen LogP contribution in [0.2, 0.25) is 5.02 Å². The van der Waals surface area contributed by atoms with E-state index in [1.54, 1.807) is 6.07 Å². The molecule has 0 heterocycles. The van der Waals surface area contributed by atoms with Gasteiger partial charge in [-0.15, -0.1) is 0 Å². The lowest BCUT2D eigenvalue weighted by molar-refractivity contribution is 0.461. The molecule has 2 aromatic rings. The van der Waals surface area contributed by atoms with Crippen LogP contribution in [0.25, 0.3) is 0 Å². The number of halogens is 3. The van der Waals surface area contributed by atoms with Crippen LogP contribution in [0, 0.1) is 5.82 Å². The fourth-order valence-electron chi connectivity index (χ4n) is 1.78. The normalized spacial score (nSPS) is 12.2. The molecule has 0 aromatic heterocycles. The van der Waals surface area contributed by atoms with Crippen LogP contribution in [-0.4, -0.2) is 7.05 Å². The van der Waals surface area contributed by atoms with Crippen molar-refractivity contribution in [3.63, 3.8) is 0 Å². The second kappa shape index (κ2) is 6.57. The highest BCUT2D eigenvalue weighted by Gasteiger charge is 2.12. The highest BCUT2D eigenvalue weighted by molar-refractivity contribution is 9.10. The van der Waals surface area contributed by atoms with Crippen molar-refractivity contribution in [3.05, 3.63) is 57.3 Å². The number of hydrogen-bond donors (Lipinski definition) is 1. The van der Waals surface area contributed by atoms with Crippen molar-refractivity contribution in [1.29, 1.82) is 0 Å². The molecular formula is C15H14BrClFNO. The van der Waals surface area contributed by atoms with Gasteiger partial charge in [0.05, 0.1) is 5.02 Å². The highest BCUT2D eigenvalue weighted by atomic mass is 79.9. The number of benzene rings is 2. The predicted molar refractivity (Wildman–Crippen MR) is 83.1 cm³/mol. The maximum Gasteiger partial charge on any atom is 0.145 e. The van der Waals surface area contributed by atoms with E-state index in [0.29, 0.717) is 11.5 Å². The minimum Gasteiger partial charge on any atom is -0.457 e. The van der Waals surface area contributed by atoms with E-state index < -0.39 is 5.82 Å². The molecule has 2 nitrogen and oxygen atoms in total. The molecule has 2 aromatic carbocycles. The van der Waals surface area contributed by atoms with Crippen molar-refractivity contribution >= 4 is 27.5 Å². The fraction of sp³-hybridized carbons (Fsp3) is 0.200. The molecule has 0 saturated heterocycles. The van der Waals surface area contributed by atoms with E-state index in [-0.39, 0.29) is 11.1 Å². The van der Waals surface area contributed by atoms with Crippen LogP contribution in [0.3, 0.4) is 0 Å². The summed E-state index contributed by atoms with van der Waals surface area (Å²) < 4.78 is 20.1. The molecule has 1 atom stereocenters. The zero-order chi connectivity index (χ0) is 14.7. The standard InChI is InChI=1S/C15H14BrClFNO/c1-9(19-2)12-5-3-10(16)7-15(12)20-11-4-6-13(17)14(18)8-11/h3-9,19H,1-2H3. The van der Waals surface area contributed by atoms with Crippen molar-refractivity contribution in [2.75, 3.05) is 7.05 Å². The summed E-state index contributed by atoms with van der Waals surface area (Å²) in [4.78, 5) is 0. The molecule has 0 radical (unpaired) electrons. The Morgan fingerprint density at radius 3 is 2.65 bits per heavy atom. The highest BCUT2D eigenvalue weighted by Crippen LogP contribution is 2.33. The number of nitrogens with one attached hydrogen (secondary N) is 1. The number of rotatable bonds is 4. The first-order valence-electron chi connectivity index (χ1n) is 6.11. The van der Waals surface area contributed by atoms with Gasteiger partial charge in [-0.3, -0.25) is 0 Å². The molecule has 0 fully saturated rings. The number of hydrogen-bond acceptors (Lipinski definition) is 2. The molecule has 20 heavy (non-hydrogen) atoms. The van der Waals surface area contributed by atoms with E-state index in [0.717, 1.165) is 10.0 Å². The summed E-state index contributed by atoms with van der Waals surface area (Å²) in [6.45, 7) is 2.03. The molecule has 1 N–H and O–H groups in total. The van der Waals surface area contributed by atoms with Crippen LogP contribution in [0.15, 0.2) is 40.9 Å². The average molecular weight is 359 g/mol. The van der Waals surface area contributed by atoms with Crippen molar-refractivity contribution in [2.45, 2.75) is 13.0 Å². The van der Waals surface area contributed by atoms with Crippen molar-refractivity contribution in [2.24, 2.45) is 0 Å². The Balaban J connectivity index is 2.36. The van der Waals surface area contributed by atoms with Gasteiger partial charge in [0.1, 0.15) is 17.3 Å². The lowest BCUT2D eigenvalue weighted by atomic mass is 10.1. The molecule has 0 spiro atoms. The molecule has 0 aliphatic carbocycles. The van der Waals surface area contributed by atoms with E-state index >= 15 is 0 Å². The molecule has 0 bridgehead atoms. The van der Waals surface area contributed by atoms with Gasteiger partial charge >= 0.3 is 0 Å². The zero-order valence-electron chi connectivity index (χ0n) is 11.1. The summed E-state index contributed by atoms with van der Waals surface area (Å²) in [6.07, 6.45) is 0.